The van der Waals surface area contributed by atoms with Crippen LogP contribution in [0, 0.1) is 0 Å². The molecule has 144 valence electrons. The summed E-state index contributed by atoms with van der Waals surface area (Å²) in [5.74, 6) is 0.0180. The number of aromatic nitrogens is 1. The SMILES string of the molecule is CC(C)(C)OC(=O)N1CC[C@@H](NC(=O)c2ncc(-c3cccc(Cl)c3)o2)C1. The minimum atomic E-state index is -0.548. The molecule has 2 aromatic rings. The van der Waals surface area contributed by atoms with E-state index in [4.69, 9.17) is 20.8 Å². The highest BCUT2D eigenvalue weighted by molar-refractivity contribution is 6.30. The molecule has 8 heteroatoms. The van der Waals surface area contributed by atoms with Gasteiger partial charge in [-0.15, -0.1) is 0 Å². The molecule has 1 aliphatic heterocycles. The normalized spacial score (nSPS) is 17.0. The van der Waals surface area contributed by atoms with E-state index < -0.39 is 11.5 Å². The van der Waals surface area contributed by atoms with E-state index >= 15 is 0 Å². The Bertz CT molecular complexity index is 843. The number of carbonyl (C=O) groups is 2. The van der Waals surface area contributed by atoms with E-state index in [9.17, 15) is 9.59 Å². The Hall–Kier alpha value is -2.54. The summed E-state index contributed by atoms with van der Waals surface area (Å²) in [4.78, 5) is 30.1. The molecule has 27 heavy (non-hydrogen) atoms. The van der Waals surface area contributed by atoms with Gasteiger partial charge in [0.1, 0.15) is 5.60 Å². The molecule has 2 amide bonds. The van der Waals surface area contributed by atoms with Gasteiger partial charge in [0.15, 0.2) is 5.76 Å². The average Bonchev–Trinajstić information content (AvgIpc) is 3.22. The zero-order valence-corrected chi connectivity index (χ0v) is 16.2. The van der Waals surface area contributed by atoms with E-state index in [2.05, 4.69) is 10.3 Å². The molecule has 0 bridgehead atoms. The van der Waals surface area contributed by atoms with Gasteiger partial charge in [-0.1, -0.05) is 23.7 Å². The van der Waals surface area contributed by atoms with Crippen molar-refractivity contribution in [2.45, 2.75) is 38.8 Å². The topological polar surface area (TPSA) is 84.7 Å². The number of benzene rings is 1. The van der Waals surface area contributed by atoms with Gasteiger partial charge in [-0.3, -0.25) is 4.79 Å². The number of amides is 2. The highest BCUT2D eigenvalue weighted by Gasteiger charge is 2.31. The Labute approximate surface area is 162 Å². The number of oxazole rings is 1. The van der Waals surface area contributed by atoms with Gasteiger partial charge >= 0.3 is 12.0 Å². The van der Waals surface area contributed by atoms with Crippen molar-refractivity contribution >= 4 is 23.6 Å². The molecule has 1 N–H and O–H groups in total. The maximum Gasteiger partial charge on any atom is 0.410 e. The van der Waals surface area contributed by atoms with Gasteiger partial charge in [-0.2, -0.15) is 0 Å². The van der Waals surface area contributed by atoms with Crippen LogP contribution in [0.2, 0.25) is 5.02 Å². The third-order valence-electron chi connectivity index (χ3n) is 3.98. The molecule has 1 aromatic heterocycles. The molecule has 1 fully saturated rings. The molecule has 0 unspecified atom stereocenters. The van der Waals surface area contributed by atoms with Gasteiger partial charge in [0, 0.05) is 29.7 Å². The fraction of sp³-hybridized carbons (Fsp3) is 0.421. The van der Waals surface area contributed by atoms with Gasteiger partial charge in [0.05, 0.1) is 6.20 Å². The molecular formula is C19H22ClN3O4. The summed E-state index contributed by atoms with van der Waals surface area (Å²) < 4.78 is 10.9. The van der Waals surface area contributed by atoms with Crippen molar-refractivity contribution < 1.29 is 18.7 Å². The van der Waals surface area contributed by atoms with Crippen molar-refractivity contribution in [2.75, 3.05) is 13.1 Å². The summed E-state index contributed by atoms with van der Waals surface area (Å²) in [6.45, 7) is 6.38. The van der Waals surface area contributed by atoms with Crippen LogP contribution in [0.25, 0.3) is 11.3 Å². The van der Waals surface area contributed by atoms with Crippen LogP contribution in [-0.4, -0.2) is 46.6 Å². The van der Waals surface area contributed by atoms with Crippen molar-refractivity contribution in [1.82, 2.24) is 15.2 Å². The van der Waals surface area contributed by atoms with Crippen molar-refractivity contribution in [3.8, 4) is 11.3 Å². The van der Waals surface area contributed by atoms with E-state index in [1.165, 1.54) is 6.20 Å². The molecule has 7 nitrogen and oxygen atoms in total. The van der Waals surface area contributed by atoms with Crippen LogP contribution >= 0.6 is 11.6 Å². The van der Waals surface area contributed by atoms with Gasteiger partial charge in [0.2, 0.25) is 0 Å². The van der Waals surface area contributed by atoms with Crippen molar-refractivity contribution in [1.29, 1.82) is 0 Å². The van der Waals surface area contributed by atoms with Crippen molar-refractivity contribution in [3.63, 3.8) is 0 Å². The summed E-state index contributed by atoms with van der Waals surface area (Å²) in [5, 5.41) is 3.42. The largest absolute Gasteiger partial charge is 0.444 e. The first-order chi connectivity index (χ1) is 12.7. The van der Waals surface area contributed by atoms with E-state index in [0.29, 0.717) is 30.3 Å². The number of rotatable bonds is 3. The van der Waals surface area contributed by atoms with Crippen LogP contribution in [0.5, 0.6) is 0 Å². The Morgan fingerprint density at radius 1 is 1.37 bits per heavy atom. The first-order valence-corrected chi connectivity index (χ1v) is 9.09. The number of nitrogens with one attached hydrogen (secondary N) is 1. The Morgan fingerprint density at radius 2 is 2.15 bits per heavy atom. The van der Waals surface area contributed by atoms with Crippen LogP contribution in [0.1, 0.15) is 37.9 Å². The number of ether oxygens (including phenoxy) is 1. The van der Waals surface area contributed by atoms with Crippen LogP contribution in [0.3, 0.4) is 0 Å². The van der Waals surface area contributed by atoms with E-state index in [1.807, 2.05) is 26.8 Å². The zero-order chi connectivity index (χ0) is 19.6. The second-order valence-corrected chi connectivity index (χ2v) is 7.86. The molecule has 1 atom stereocenters. The lowest BCUT2D eigenvalue weighted by molar-refractivity contribution is 0.0290. The molecule has 1 aromatic carbocycles. The number of likely N-dealkylation sites (tertiary alicyclic amines) is 1. The third-order valence-corrected chi connectivity index (χ3v) is 4.22. The lowest BCUT2D eigenvalue weighted by Gasteiger charge is -2.24. The maximum atomic E-state index is 12.4. The Kier molecular flexibility index (Phi) is 5.41. The van der Waals surface area contributed by atoms with Crippen LogP contribution in [0.15, 0.2) is 34.9 Å². The Morgan fingerprint density at radius 3 is 2.85 bits per heavy atom. The lowest BCUT2D eigenvalue weighted by atomic mass is 10.2. The predicted octanol–water partition coefficient (Wildman–Crippen LogP) is 3.73. The van der Waals surface area contributed by atoms with E-state index in [0.717, 1.165) is 5.56 Å². The van der Waals surface area contributed by atoms with Crippen LogP contribution < -0.4 is 5.32 Å². The van der Waals surface area contributed by atoms with Crippen LogP contribution in [0.4, 0.5) is 4.79 Å². The smallest absolute Gasteiger partial charge is 0.410 e. The highest BCUT2D eigenvalue weighted by atomic mass is 35.5. The molecule has 1 aliphatic rings. The van der Waals surface area contributed by atoms with E-state index in [-0.39, 0.29) is 18.0 Å². The highest BCUT2D eigenvalue weighted by Crippen LogP contribution is 2.23. The molecule has 1 saturated heterocycles. The Balaban J connectivity index is 1.58. The minimum absolute atomic E-state index is 0.0271. The fourth-order valence-corrected chi connectivity index (χ4v) is 2.96. The molecule has 3 rings (SSSR count). The first-order valence-electron chi connectivity index (χ1n) is 8.72. The molecule has 0 radical (unpaired) electrons. The van der Waals surface area contributed by atoms with Crippen molar-refractivity contribution in [2.24, 2.45) is 0 Å². The molecule has 2 heterocycles. The molecule has 0 spiro atoms. The molecule has 0 aliphatic carbocycles. The fourth-order valence-electron chi connectivity index (χ4n) is 2.77. The number of nitrogens with zero attached hydrogens (tertiary/aromatic N) is 2. The number of halogens is 1. The average molecular weight is 392 g/mol. The molecule has 0 saturated carbocycles. The van der Waals surface area contributed by atoms with Gasteiger partial charge in [-0.05, 0) is 39.3 Å². The second-order valence-electron chi connectivity index (χ2n) is 7.43. The van der Waals surface area contributed by atoms with Crippen molar-refractivity contribution in [3.05, 3.63) is 41.4 Å². The second kappa shape index (κ2) is 7.60. The summed E-state index contributed by atoms with van der Waals surface area (Å²) in [6.07, 6.45) is 1.76. The number of carbonyl (C=O) groups excluding carboxylic acids is 2. The summed E-state index contributed by atoms with van der Waals surface area (Å²) in [6, 6.07) is 6.94. The van der Waals surface area contributed by atoms with Gasteiger partial charge in [-0.25, -0.2) is 9.78 Å². The monoisotopic (exact) mass is 391 g/mol. The zero-order valence-electron chi connectivity index (χ0n) is 15.5. The number of hydrogen-bond acceptors (Lipinski definition) is 5. The third kappa shape index (κ3) is 5.01. The van der Waals surface area contributed by atoms with Gasteiger partial charge < -0.3 is 19.4 Å². The summed E-state index contributed by atoms with van der Waals surface area (Å²) in [7, 11) is 0. The summed E-state index contributed by atoms with van der Waals surface area (Å²) >= 11 is 5.97. The quantitative estimate of drug-likeness (QED) is 0.861. The number of hydrogen-bond donors (Lipinski definition) is 1. The lowest BCUT2D eigenvalue weighted by Crippen LogP contribution is -2.40. The summed E-state index contributed by atoms with van der Waals surface area (Å²) in [5.41, 5.74) is 0.193. The molecular weight excluding hydrogens is 370 g/mol. The van der Waals surface area contributed by atoms with Gasteiger partial charge in [0.25, 0.3) is 5.89 Å². The standard InChI is InChI=1S/C19H22ClN3O4/c1-19(2,3)27-18(25)23-8-7-14(11-23)22-16(24)17-21-10-15(26-17)12-5-4-6-13(20)9-12/h4-6,9-10,14H,7-8,11H2,1-3H3,(H,22,24)/t14-/m1/s1. The van der Waals surface area contributed by atoms with E-state index in [1.54, 1.807) is 23.1 Å². The maximum absolute atomic E-state index is 12.4. The first kappa shape index (κ1) is 19.2. The predicted molar refractivity (Wildman–Crippen MR) is 101 cm³/mol. The van der Waals surface area contributed by atoms with Crippen LogP contribution in [-0.2, 0) is 4.74 Å². The minimum Gasteiger partial charge on any atom is -0.444 e.